The summed E-state index contributed by atoms with van der Waals surface area (Å²) in [4.78, 5) is 27.8. The van der Waals surface area contributed by atoms with Crippen LogP contribution in [0.2, 0.25) is 0 Å². The second kappa shape index (κ2) is 9.01. The second-order valence-corrected chi connectivity index (χ2v) is 9.16. The van der Waals surface area contributed by atoms with Crippen LogP contribution in [0.1, 0.15) is 53.4 Å². The maximum atomic E-state index is 12.8. The minimum absolute atomic E-state index is 0.0529. The lowest BCUT2D eigenvalue weighted by atomic mass is 9.81. The maximum absolute atomic E-state index is 12.8. The molecule has 2 rings (SSSR count). The van der Waals surface area contributed by atoms with E-state index in [1.807, 2.05) is 6.92 Å². The van der Waals surface area contributed by atoms with Gasteiger partial charge in [-0.1, -0.05) is 13.8 Å². The molecule has 0 aromatic carbocycles. The normalized spacial score (nSPS) is 37.2. The predicted octanol–water partition coefficient (Wildman–Crippen LogP) is 2.26. The van der Waals surface area contributed by atoms with Crippen molar-refractivity contribution in [1.29, 1.82) is 0 Å². The van der Waals surface area contributed by atoms with Crippen LogP contribution in [0.15, 0.2) is 0 Å². The molecule has 2 aliphatic rings. The van der Waals surface area contributed by atoms with Gasteiger partial charge in [0.25, 0.3) is 0 Å². The Hall–Kier alpha value is -0.980. The zero-order valence-electron chi connectivity index (χ0n) is 18.0. The molecule has 4 unspecified atom stereocenters. The number of Topliss-reactive ketones (excluding diaryl/α,β-unsaturated/α-hetero) is 1. The van der Waals surface area contributed by atoms with E-state index in [1.54, 1.807) is 14.0 Å². The minimum Gasteiger partial charge on any atom is -0.463 e. The summed E-state index contributed by atoms with van der Waals surface area (Å²) in [5.41, 5.74) is -0.546. The second-order valence-electron chi connectivity index (χ2n) is 9.16. The summed E-state index contributed by atoms with van der Waals surface area (Å²) in [6, 6.07) is 0. The summed E-state index contributed by atoms with van der Waals surface area (Å²) in [5, 5.41) is 3.40. The van der Waals surface area contributed by atoms with Gasteiger partial charge >= 0.3 is 5.97 Å². The lowest BCUT2D eigenvalue weighted by molar-refractivity contribution is -0.157. The number of esters is 1. The van der Waals surface area contributed by atoms with Crippen molar-refractivity contribution in [3.05, 3.63) is 0 Å². The molecule has 2 fully saturated rings. The molecule has 0 bridgehead atoms. The van der Waals surface area contributed by atoms with E-state index < -0.39 is 11.9 Å². The summed E-state index contributed by atoms with van der Waals surface area (Å²) in [6.45, 7) is 11.0. The van der Waals surface area contributed by atoms with E-state index in [2.05, 4.69) is 31.1 Å². The Labute approximate surface area is 164 Å². The van der Waals surface area contributed by atoms with E-state index in [-0.39, 0.29) is 22.8 Å². The summed E-state index contributed by atoms with van der Waals surface area (Å²) in [7, 11) is 3.86. The first-order valence-corrected chi connectivity index (χ1v) is 10.3. The fourth-order valence-electron chi connectivity index (χ4n) is 4.86. The summed E-state index contributed by atoms with van der Waals surface area (Å²) in [5.74, 6) is -1.02. The van der Waals surface area contributed by atoms with E-state index in [9.17, 15) is 9.59 Å². The van der Waals surface area contributed by atoms with Gasteiger partial charge in [-0.2, -0.15) is 0 Å². The number of nitrogens with zero attached hydrogens (tertiary/aromatic N) is 1. The fourth-order valence-corrected chi connectivity index (χ4v) is 4.86. The van der Waals surface area contributed by atoms with Gasteiger partial charge in [-0.3, -0.25) is 14.5 Å². The van der Waals surface area contributed by atoms with Crippen molar-refractivity contribution < 1.29 is 19.1 Å². The zero-order valence-corrected chi connectivity index (χ0v) is 18.0. The average Bonchev–Trinajstić information content (AvgIpc) is 2.64. The van der Waals surface area contributed by atoms with Gasteiger partial charge in [-0.15, -0.1) is 0 Å². The molecule has 4 atom stereocenters. The molecule has 6 heteroatoms. The number of ketones is 1. The van der Waals surface area contributed by atoms with E-state index >= 15 is 0 Å². The van der Waals surface area contributed by atoms with Crippen LogP contribution in [0.3, 0.4) is 0 Å². The van der Waals surface area contributed by atoms with Gasteiger partial charge in [0.05, 0.1) is 11.1 Å². The van der Waals surface area contributed by atoms with Crippen LogP contribution in [0, 0.1) is 17.8 Å². The Kier molecular flexibility index (Phi) is 7.45. The Balaban J connectivity index is 2.31. The third-order valence-electron chi connectivity index (χ3n) is 6.69. The number of carbonyl (C=O) groups is 2. The standard InChI is InChI=1S/C21H38N2O4/c1-15-11-20(4,26-6)12-16(2)18(24)17(3)19(25)27-14-21(23(5)13-15)7-9-22-10-8-21/h15-17,22H,7-14H2,1-6H3. The molecule has 0 radical (unpaired) electrons. The van der Waals surface area contributed by atoms with Crippen molar-refractivity contribution in [2.75, 3.05) is 40.4 Å². The molecule has 27 heavy (non-hydrogen) atoms. The Morgan fingerprint density at radius 3 is 2.37 bits per heavy atom. The molecule has 2 heterocycles. The van der Waals surface area contributed by atoms with Crippen molar-refractivity contribution in [2.45, 2.75) is 64.5 Å². The first-order valence-electron chi connectivity index (χ1n) is 10.3. The SMILES string of the molecule is COC1(C)CC(C)CN(C)C2(CCNCC2)COC(=O)C(C)C(=O)C(C)C1. The topological polar surface area (TPSA) is 67.9 Å². The number of nitrogens with one attached hydrogen (secondary N) is 1. The molecule has 2 aliphatic heterocycles. The minimum atomic E-state index is -0.733. The zero-order chi connectivity index (χ0) is 20.2. The Bertz CT molecular complexity index is 532. The molecule has 0 aromatic rings. The van der Waals surface area contributed by atoms with Crippen LogP contribution in [-0.4, -0.2) is 68.2 Å². The molecule has 0 saturated carbocycles. The van der Waals surface area contributed by atoms with Gasteiger partial charge in [0.2, 0.25) is 0 Å². The molecule has 0 aromatic heterocycles. The molecule has 2 saturated heterocycles. The number of methoxy groups -OCH3 is 1. The number of cyclic esters (lactones) is 1. The van der Waals surface area contributed by atoms with Crippen LogP contribution >= 0.6 is 0 Å². The summed E-state index contributed by atoms with van der Waals surface area (Å²) < 4.78 is 11.5. The number of carbonyl (C=O) groups excluding carboxylic acids is 2. The molecule has 0 amide bonds. The van der Waals surface area contributed by atoms with Crippen LogP contribution in [0.4, 0.5) is 0 Å². The average molecular weight is 383 g/mol. The monoisotopic (exact) mass is 382 g/mol. The van der Waals surface area contributed by atoms with Gasteiger partial charge in [-0.25, -0.2) is 0 Å². The highest BCUT2D eigenvalue weighted by Crippen LogP contribution is 2.33. The Morgan fingerprint density at radius 2 is 1.78 bits per heavy atom. The first kappa shape index (κ1) is 22.3. The van der Waals surface area contributed by atoms with E-state index in [0.717, 1.165) is 38.9 Å². The van der Waals surface area contributed by atoms with E-state index in [0.29, 0.717) is 18.9 Å². The molecular formula is C21H38N2O4. The highest BCUT2D eigenvalue weighted by Gasteiger charge is 2.41. The maximum Gasteiger partial charge on any atom is 0.316 e. The van der Waals surface area contributed by atoms with Gasteiger partial charge in [0, 0.05) is 19.6 Å². The molecule has 1 N–H and O–H groups in total. The van der Waals surface area contributed by atoms with Crippen LogP contribution in [0.5, 0.6) is 0 Å². The van der Waals surface area contributed by atoms with Crippen LogP contribution in [0.25, 0.3) is 0 Å². The third-order valence-corrected chi connectivity index (χ3v) is 6.69. The van der Waals surface area contributed by atoms with Crippen molar-refractivity contribution in [3.63, 3.8) is 0 Å². The lowest BCUT2D eigenvalue weighted by Gasteiger charge is -2.45. The molecule has 6 nitrogen and oxygen atoms in total. The highest BCUT2D eigenvalue weighted by atomic mass is 16.5. The highest BCUT2D eigenvalue weighted by molar-refractivity contribution is 5.99. The molecule has 156 valence electrons. The van der Waals surface area contributed by atoms with Gasteiger partial charge < -0.3 is 14.8 Å². The van der Waals surface area contributed by atoms with Crippen LogP contribution < -0.4 is 5.32 Å². The largest absolute Gasteiger partial charge is 0.463 e. The van der Waals surface area contributed by atoms with Crippen molar-refractivity contribution in [2.24, 2.45) is 17.8 Å². The van der Waals surface area contributed by atoms with Crippen LogP contribution in [-0.2, 0) is 19.1 Å². The predicted molar refractivity (Wildman–Crippen MR) is 106 cm³/mol. The smallest absolute Gasteiger partial charge is 0.316 e. The number of ether oxygens (including phenoxy) is 2. The fraction of sp³-hybridized carbons (Fsp3) is 0.905. The van der Waals surface area contributed by atoms with Gasteiger partial charge in [-0.05, 0) is 65.6 Å². The Morgan fingerprint density at radius 1 is 1.15 bits per heavy atom. The summed E-state index contributed by atoms with van der Waals surface area (Å²) >= 11 is 0. The van der Waals surface area contributed by atoms with Crippen molar-refractivity contribution in [1.82, 2.24) is 10.2 Å². The number of hydrogen-bond donors (Lipinski definition) is 1. The first-order chi connectivity index (χ1) is 12.6. The van der Waals surface area contributed by atoms with Gasteiger partial charge in [0.15, 0.2) is 0 Å². The van der Waals surface area contributed by atoms with Crippen molar-refractivity contribution >= 4 is 11.8 Å². The van der Waals surface area contributed by atoms with E-state index in [4.69, 9.17) is 9.47 Å². The molecular weight excluding hydrogens is 344 g/mol. The lowest BCUT2D eigenvalue weighted by Crippen LogP contribution is -2.57. The number of piperidine rings is 1. The van der Waals surface area contributed by atoms with E-state index in [1.165, 1.54) is 0 Å². The third kappa shape index (κ3) is 5.30. The summed E-state index contributed by atoms with van der Waals surface area (Å²) in [6.07, 6.45) is 3.36. The molecule has 1 spiro atoms. The number of likely N-dealkylation sites (N-methyl/N-ethyl adjacent to an activating group) is 1. The van der Waals surface area contributed by atoms with Crippen molar-refractivity contribution in [3.8, 4) is 0 Å². The molecule has 0 aliphatic carbocycles. The quantitative estimate of drug-likeness (QED) is 0.554. The number of hydrogen-bond acceptors (Lipinski definition) is 6. The van der Waals surface area contributed by atoms with Gasteiger partial charge in [0.1, 0.15) is 18.3 Å². The number of rotatable bonds is 1.